The Bertz CT molecular complexity index is 905. The molecule has 0 atom stereocenters. The van der Waals surface area contributed by atoms with Crippen molar-refractivity contribution >= 4 is 23.5 Å². The third-order valence-electron chi connectivity index (χ3n) is 3.37. The normalized spacial score (nSPS) is 11.0. The van der Waals surface area contributed by atoms with Crippen molar-refractivity contribution in [3.63, 3.8) is 0 Å². The van der Waals surface area contributed by atoms with Gasteiger partial charge in [-0.3, -0.25) is 9.79 Å². The van der Waals surface area contributed by atoms with Gasteiger partial charge in [0.05, 0.1) is 18.5 Å². The third kappa shape index (κ3) is 4.06. The van der Waals surface area contributed by atoms with Crippen LogP contribution in [-0.2, 0) is 0 Å². The Hall–Kier alpha value is -3.20. The average Bonchev–Trinajstić information content (AvgIpc) is 3.34. The highest BCUT2D eigenvalue weighted by atomic mass is 32.1. The first-order chi connectivity index (χ1) is 12.7. The molecule has 9 heteroatoms. The fourth-order valence-electron chi connectivity index (χ4n) is 2.10. The van der Waals surface area contributed by atoms with Crippen molar-refractivity contribution in [1.29, 1.82) is 0 Å². The highest BCUT2D eigenvalue weighted by Gasteiger charge is 2.15. The lowest BCUT2D eigenvalue weighted by atomic mass is 10.2. The van der Waals surface area contributed by atoms with E-state index >= 15 is 0 Å². The number of phenols is 1. The highest BCUT2D eigenvalue weighted by Crippen LogP contribution is 2.27. The lowest BCUT2D eigenvalue weighted by Gasteiger charge is -2.04. The van der Waals surface area contributed by atoms with E-state index in [9.17, 15) is 9.90 Å². The van der Waals surface area contributed by atoms with Crippen molar-refractivity contribution in [3.05, 3.63) is 47.2 Å². The summed E-state index contributed by atoms with van der Waals surface area (Å²) < 4.78 is 10.00. The molecular formula is C17H16N4O4S. The molecule has 26 heavy (non-hydrogen) atoms. The Morgan fingerprint density at radius 2 is 2.31 bits per heavy atom. The molecule has 0 fully saturated rings. The SMILES string of the molecule is COc1cccc(C=NCCNC(=O)c2nc(-c3cccs3)no2)c1O. The molecule has 0 unspecified atom stereocenters. The zero-order chi connectivity index (χ0) is 18.4. The maximum absolute atomic E-state index is 12.0. The van der Waals surface area contributed by atoms with Crippen LogP contribution in [0.5, 0.6) is 11.5 Å². The number of thiophene rings is 1. The molecule has 0 aliphatic rings. The van der Waals surface area contributed by atoms with Gasteiger partial charge in [-0.25, -0.2) is 0 Å². The number of amides is 1. The maximum Gasteiger partial charge on any atom is 0.316 e. The second-order valence-corrected chi connectivity index (χ2v) is 6.04. The van der Waals surface area contributed by atoms with Gasteiger partial charge in [0.15, 0.2) is 11.5 Å². The smallest absolute Gasteiger partial charge is 0.316 e. The van der Waals surface area contributed by atoms with E-state index in [1.54, 1.807) is 18.2 Å². The van der Waals surface area contributed by atoms with E-state index < -0.39 is 5.91 Å². The van der Waals surface area contributed by atoms with Crippen molar-refractivity contribution in [1.82, 2.24) is 15.5 Å². The second kappa shape index (κ2) is 8.26. The predicted molar refractivity (Wildman–Crippen MR) is 97.1 cm³/mol. The fraction of sp³-hybridized carbons (Fsp3) is 0.176. The summed E-state index contributed by atoms with van der Waals surface area (Å²) >= 11 is 1.46. The van der Waals surface area contributed by atoms with E-state index in [4.69, 9.17) is 9.26 Å². The summed E-state index contributed by atoms with van der Waals surface area (Å²) in [6.07, 6.45) is 1.52. The number of nitrogens with one attached hydrogen (secondary N) is 1. The highest BCUT2D eigenvalue weighted by molar-refractivity contribution is 7.13. The first-order valence-corrected chi connectivity index (χ1v) is 8.58. The van der Waals surface area contributed by atoms with Crippen LogP contribution in [0.3, 0.4) is 0 Å². The standard InChI is InChI=1S/C17H16N4O4S/c1-24-12-5-2-4-11(14(12)22)10-18-7-8-19-16(23)17-20-15(21-25-17)13-6-3-9-26-13/h2-6,9-10,22H,7-8H2,1H3,(H,19,23). The first kappa shape index (κ1) is 17.6. The molecule has 1 amide bonds. The summed E-state index contributed by atoms with van der Waals surface area (Å²) in [5.41, 5.74) is 0.535. The van der Waals surface area contributed by atoms with Gasteiger partial charge in [0.2, 0.25) is 5.82 Å². The van der Waals surface area contributed by atoms with Gasteiger partial charge >= 0.3 is 11.8 Å². The van der Waals surface area contributed by atoms with Crippen molar-refractivity contribution in [2.45, 2.75) is 0 Å². The molecule has 2 aromatic heterocycles. The molecule has 8 nitrogen and oxygen atoms in total. The van der Waals surface area contributed by atoms with Crippen LogP contribution < -0.4 is 10.1 Å². The number of benzene rings is 1. The molecule has 2 heterocycles. The molecule has 0 spiro atoms. The first-order valence-electron chi connectivity index (χ1n) is 7.70. The number of rotatable bonds is 7. The lowest BCUT2D eigenvalue weighted by Crippen LogP contribution is -2.26. The van der Waals surface area contributed by atoms with E-state index in [0.717, 1.165) is 4.88 Å². The summed E-state index contributed by atoms with van der Waals surface area (Å²) in [6.45, 7) is 0.616. The molecule has 134 valence electrons. The zero-order valence-electron chi connectivity index (χ0n) is 13.9. The van der Waals surface area contributed by atoms with Gasteiger partial charge in [0, 0.05) is 18.3 Å². The van der Waals surface area contributed by atoms with Gasteiger partial charge in [-0.1, -0.05) is 17.3 Å². The van der Waals surface area contributed by atoms with Crippen LogP contribution in [-0.4, -0.2) is 47.6 Å². The number of hydrogen-bond donors (Lipinski definition) is 2. The van der Waals surface area contributed by atoms with Gasteiger partial charge in [0.1, 0.15) is 0 Å². The number of aliphatic imine (C=N–C) groups is 1. The summed E-state index contributed by atoms with van der Waals surface area (Å²) in [6, 6.07) is 8.84. The molecule has 3 aromatic rings. The van der Waals surface area contributed by atoms with E-state index in [1.807, 2.05) is 17.5 Å². The minimum atomic E-state index is -0.459. The van der Waals surface area contributed by atoms with Gasteiger partial charge in [-0.2, -0.15) is 4.98 Å². The molecule has 1 aromatic carbocycles. The van der Waals surface area contributed by atoms with Crippen molar-refractivity contribution in [3.8, 4) is 22.2 Å². The van der Waals surface area contributed by atoms with Crippen molar-refractivity contribution in [2.75, 3.05) is 20.2 Å². The Morgan fingerprint density at radius 1 is 1.42 bits per heavy atom. The van der Waals surface area contributed by atoms with E-state index in [-0.39, 0.29) is 18.2 Å². The number of nitrogens with zero attached hydrogens (tertiary/aromatic N) is 3. The number of methoxy groups -OCH3 is 1. The number of ether oxygens (including phenoxy) is 1. The molecule has 3 rings (SSSR count). The summed E-state index contributed by atoms with van der Waals surface area (Å²) in [4.78, 5) is 21.0. The van der Waals surface area contributed by atoms with Crippen molar-refractivity contribution < 1.29 is 19.2 Å². The number of aromatic nitrogens is 2. The quantitative estimate of drug-likeness (QED) is 0.487. The monoisotopic (exact) mass is 372 g/mol. The number of phenolic OH excluding ortho intramolecular Hbond substituents is 1. The third-order valence-corrected chi connectivity index (χ3v) is 4.23. The van der Waals surface area contributed by atoms with E-state index in [2.05, 4.69) is 20.4 Å². The minimum Gasteiger partial charge on any atom is -0.504 e. The number of carbonyl (C=O) groups excluding carboxylic acids is 1. The Balaban J connectivity index is 1.50. The molecule has 0 saturated carbocycles. The van der Waals surface area contributed by atoms with Crippen LogP contribution in [0.1, 0.15) is 16.2 Å². The lowest BCUT2D eigenvalue weighted by molar-refractivity contribution is 0.0911. The molecule has 0 saturated heterocycles. The maximum atomic E-state index is 12.0. The molecule has 0 aliphatic carbocycles. The Labute approximate surface area is 153 Å². The predicted octanol–water partition coefficient (Wildman–Crippen LogP) is 2.36. The average molecular weight is 372 g/mol. The molecular weight excluding hydrogens is 356 g/mol. The number of para-hydroxylation sites is 1. The number of aromatic hydroxyl groups is 1. The van der Waals surface area contributed by atoms with Crippen LogP contribution in [0.15, 0.2) is 45.2 Å². The molecule has 0 aliphatic heterocycles. The second-order valence-electron chi connectivity index (χ2n) is 5.09. The summed E-state index contributed by atoms with van der Waals surface area (Å²) in [5.74, 6) is 0.231. The van der Waals surface area contributed by atoms with Gasteiger partial charge in [0.25, 0.3) is 0 Å². The Kier molecular flexibility index (Phi) is 5.59. The summed E-state index contributed by atoms with van der Waals surface area (Å²) in [7, 11) is 1.48. The van der Waals surface area contributed by atoms with E-state index in [0.29, 0.717) is 23.7 Å². The largest absolute Gasteiger partial charge is 0.504 e. The topological polar surface area (TPSA) is 110 Å². The van der Waals surface area contributed by atoms with Gasteiger partial charge in [-0.05, 0) is 23.6 Å². The van der Waals surface area contributed by atoms with Gasteiger partial charge < -0.3 is 19.7 Å². The van der Waals surface area contributed by atoms with Crippen LogP contribution in [0, 0.1) is 0 Å². The zero-order valence-corrected chi connectivity index (χ0v) is 14.7. The van der Waals surface area contributed by atoms with Gasteiger partial charge in [-0.15, -0.1) is 11.3 Å². The van der Waals surface area contributed by atoms with Crippen molar-refractivity contribution in [2.24, 2.45) is 4.99 Å². The van der Waals surface area contributed by atoms with Crippen LogP contribution in [0.25, 0.3) is 10.7 Å². The fourth-order valence-corrected chi connectivity index (χ4v) is 2.75. The minimum absolute atomic E-state index is 0.0229. The van der Waals surface area contributed by atoms with Crippen LogP contribution >= 0.6 is 11.3 Å². The molecule has 2 N–H and O–H groups in total. The molecule has 0 bridgehead atoms. The van der Waals surface area contributed by atoms with Crippen LogP contribution in [0.2, 0.25) is 0 Å². The molecule has 0 radical (unpaired) electrons. The van der Waals surface area contributed by atoms with E-state index in [1.165, 1.54) is 24.7 Å². The Morgan fingerprint density at radius 3 is 3.08 bits per heavy atom. The number of hydrogen-bond acceptors (Lipinski definition) is 8. The number of carbonyl (C=O) groups is 1. The van der Waals surface area contributed by atoms with Crippen LogP contribution in [0.4, 0.5) is 0 Å². The summed E-state index contributed by atoms with van der Waals surface area (Å²) in [5, 5.41) is 18.3.